The number of hydrogen-bond donors (Lipinski definition) is 1. The van der Waals surface area contributed by atoms with E-state index in [0.717, 1.165) is 29.8 Å². The standard InChI is InChI=1S/C26H32N6O4/c1-4-6-17-7-11-23(33)31(14-17)16-22-26(28-29-30(22)3)20-9-10-21(19(5-2)27-20)32-15-18(13-25(35)36)8-12-24(32)34/h7,9-11,14,18H,4-6,8,12-13,15-16H2,1-3H3,(H,35,36)/t18-/m0/s1. The number of pyridine rings is 2. The number of aromatic nitrogens is 5. The van der Waals surface area contributed by atoms with Crippen molar-refractivity contribution in [1.82, 2.24) is 24.5 Å². The number of anilines is 1. The molecule has 1 aliphatic rings. The molecule has 10 nitrogen and oxygen atoms in total. The van der Waals surface area contributed by atoms with Crippen molar-refractivity contribution in [3.8, 4) is 11.4 Å². The van der Waals surface area contributed by atoms with E-state index >= 15 is 0 Å². The third-order valence-electron chi connectivity index (χ3n) is 6.64. The lowest BCUT2D eigenvalue weighted by molar-refractivity contribution is -0.138. The molecule has 1 N–H and O–H groups in total. The number of carbonyl (C=O) groups excluding carboxylic acids is 1. The minimum Gasteiger partial charge on any atom is -0.481 e. The highest BCUT2D eigenvalue weighted by atomic mass is 16.4. The summed E-state index contributed by atoms with van der Waals surface area (Å²) in [6, 6.07) is 7.12. The zero-order valence-corrected chi connectivity index (χ0v) is 21.0. The number of aryl methyl sites for hydroxylation is 3. The second-order valence-corrected chi connectivity index (χ2v) is 9.28. The monoisotopic (exact) mass is 492 g/mol. The SMILES string of the molecule is CCCc1ccc(=O)n(Cc2c(-c3ccc(N4C[C@H](CC(=O)O)CCC4=O)c(CC)n3)nnn2C)c1. The van der Waals surface area contributed by atoms with Gasteiger partial charge >= 0.3 is 5.97 Å². The zero-order chi connectivity index (χ0) is 25.8. The molecule has 0 spiro atoms. The number of rotatable bonds is 9. The molecular formula is C26H32N6O4. The molecule has 3 aromatic heterocycles. The quantitative estimate of drug-likeness (QED) is 0.487. The van der Waals surface area contributed by atoms with Crippen molar-refractivity contribution >= 4 is 17.6 Å². The molecule has 0 bridgehead atoms. The molecule has 1 amide bonds. The Morgan fingerprint density at radius 2 is 1.97 bits per heavy atom. The van der Waals surface area contributed by atoms with Crippen molar-refractivity contribution in [3.63, 3.8) is 0 Å². The van der Waals surface area contributed by atoms with Gasteiger partial charge in [-0.2, -0.15) is 0 Å². The molecule has 1 saturated heterocycles. The molecule has 1 fully saturated rings. The third-order valence-corrected chi connectivity index (χ3v) is 6.64. The first-order chi connectivity index (χ1) is 17.3. The van der Waals surface area contributed by atoms with Crippen LogP contribution in [0.3, 0.4) is 0 Å². The van der Waals surface area contributed by atoms with Gasteiger partial charge in [-0.25, -0.2) is 9.67 Å². The van der Waals surface area contributed by atoms with Gasteiger partial charge in [-0.15, -0.1) is 5.10 Å². The number of carbonyl (C=O) groups is 2. The average molecular weight is 493 g/mol. The maximum absolute atomic E-state index is 12.7. The smallest absolute Gasteiger partial charge is 0.303 e. The molecule has 190 valence electrons. The first-order valence-corrected chi connectivity index (χ1v) is 12.4. The second-order valence-electron chi connectivity index (χ2n) is 9.28. The van der Waals surface area contributed by atoms with Crippen LogP contribution in [0, 0.1) is 5.92 Å². The molecule has 0 saturated carbocycles. The number of piperidine rings is 1. The molecule has 1 aliphatic heterocycles. The van der Waals surface area contributed by atoms with E-state index in [4.69, 9.17) is 4.98 Å². The third kappa shape index (κ3) is 5.37. The predicted molar refractivity (Wildman–Crippen MR) is 135 cm³/mol. The van der Waals surface area contributed by atoms with Crippen LogP contribution in [0.4, 0.5) is 5.69 Å². The summed E-state index contributed by atoms with van der Waals surface area (Å²) >= 11 is 0. The normalized spacial score (nSPS) is 15.9. The van der Waals surface area contributed by atoms with Crippen LogP contribution in [0.2, 0.25) is 0 Å². The molecule has 36 heavy (non-hydrogen) atoms. The second kappa shape index (κ2) is 10.8. The first-order valence-electron chi connectivity index (χ1n) is 12.4. The van der Waals surface area contributed by atoms with E-state index in [1.807, 2.05) is 31.3 Å². The lowest BCUT2D eigenvalue weighted by atomic mass is 9.93. The van der Waals surface area contributed by atoms with E-state index in [-0.39, 0.29) is 23.8 Å². The van der Waals surface area contributed by atoms with E-state index in [1.54, 1.807) is 27.3 Å². The Morgan fingerprint density at radius 3 is 2.69 bits per heavy atom. The van der Waals surface area contributed by atoms with Gasteiger partial charge in [0.05, 0.1) is 29.3 Å². The number of carboxylic acid groups (broad SMARTS) is 1. The van der Waals surface area contributed by atoms with Crippen LogP contribution < -0.4 is 10.5 Å². The Morgan fingerprint density at radius 1 is 1.17 bits per heavy atom. The van der Waals surface area contributed by atoms with Gasteiger partial charge in [0.25, 0.3) is 5.56 Å². The number of nitrogens with zero attached hydrogens (tertiary/aromatic N) is 6. The highest BCUT2D eigenvalue weighted by molar-refractivity contribution is 5.95. The molecule has 0 aliphatic carbocycles. The molecule has 4 rings (SSSR count). The van der Waals surface area contributed by atoms with Crippen molar-refractivity contribution in [2.75, 3.05) is 11.4 Å². The summed E-state index contributed by atoms with van der Waals surface area (Å²) in [5, 5.41) is 17.7. The van der Waals surface area contributed by atoms with Gasteiger partial charge in [0.2, 0.25) is 5.91 Å². The van der Waals surface area contributed by atoms with Crippen molar-refractivity contribution in [1.29, 1.82) is 0 Å². The summed E-state index contributed by atoms with van der Waals surface area (Å²) in [5.74, 6) is -0.960. The minimum absolute atomic E-state index is 0.0209. The van der Waals surface area contributed by atoms with E-state index in [0.29, 0.717) is 49.4 Å². The lowest BCUT2D eigenvalue weighted by Crippen LogP contribution is -2.41. The highest BCUT2D eigenvalue weighted by Crippen LogP contribution is 2.31. The fourth-order valence-corrected chi connectivity index (χ4v) is 4.75. The summed E-state index contributed by atoms with van der Waals surface area (Å²) in [4.78, 5) is 42.9. The van der Waals surface area contributed by atoms with Crippen molar-refractivity contribution in [2.24, 2.45) is 13.0 Å². The van der Waals surface area contributed by atoms with Gasteiger partial charge < -0.3 is 14.6 Å². The van der Waals surface area contributed by atoms with Crippen LogP contribution in [0.1, 0.15) is 56.5 Å². The number of carboxylic acids is 1. The molecule has 1 atom stereocenters. The number of aliphatic carboxylic acids is 1. The summed E-state index contributed by atoms with van der Waals surface area (Å²) in [6.45, 7) is 4.74. The summed E-state index contributed by atoms with van der Waals surface area (Å²) in [5.41, 5.74) is 4.38. The fourth-order valence-electron chi connectivity index (χ4n) is 4.75. The van der Waals surface area contributed by atoms with Crippen LogP contribution in [-0.4, -0.2) is 48.1 Å². The van der Waals surface area contributed by atoms with E-state index < -0.39 is 5.97 Å². The lowest BCUT2D eigenvalue weighted by Gasteiger charge is -2.33. The number of amides is 1. The van der Waals surface area contributed by atoms with Crippen molar-refractivity contribution in [2.45, 2.75) is 58.9 Å². The Hall–Kier alpha value is -3.82. The first kappa shape index (κ1) is 25.3. The van der Waals surface area contributed by atoms with Gasteiger partial charge in [-0.3, -0.25) is 14.4 Å². The Bertz CT molecular complexity index is 1330. The van der Waals surface area contributed by atoms with Crippen LogP contribution in [0.15, 0.2) is 35.3 Å². The molecule has 4 heterocycles. The predicted octanol–water partition coefficient (Wildman–Crippen LogP) is 2.82. The van der Waals surface area contributed by atoms with Gasteiger partial charge in [0.1, 0.15) is 5.69 Å². The van der Waals surface area contributed by atoms with Crippen LogP contribution in [-0.2, 0) is 36.0 Å². The Labute approximate surface area is 209 Å². The van der Waals surface area contributed by atoms with Gasteiger partial charge in [0, 0.05) is 38.7 Å². The topological polar surface area (TPSA) is 123 Å². The highest BCUT2D eigenvalue weighted by Gasteiger charge is 2.30. The average Bonchev–Trinajstić information content (AvgIpc) is 3.22. The molecule has 0 aromatic carbocycles. The van der Waals surface area contributed by atoms with Gasteiger partial charge in [0.15, 0.2) is 0 Å². The largest absolute Gasteiger partial charge is 0.481 e. The van der Waals surface area contributed by atoms with E-state index in [1.165, 1.54) is 0 Å². The van der Waals surface area contributed by atoms with E-state index in [9.17, 15) is 19.5 Å². The van der Waals surface area contributed by atoms with Crippen molar-refractivity contribution < 1.29 is 14.7 Å². The summed E-state index contributed by atoms with van der Waals surface area (Å²) < 4.78 is 3.32. The summed E-state index contributed by atoms with van der Waals surface area (Å²) in [6.07, 6.45) is 5.29. The molecule has 3 aromatic rings. The van der Waals surface area contributed by atoms with E-state index in [2.05, 4.69) is 17.2 Å². The molecular weight excluding hydrogens is 460 g/mol. The maximum Gasteiger partial charge on any atom is 0.303 e. The minimum atomic E-state index is -0.854. The van der Waals surface area contributed by atoms with Crippen LogP contribution in [0.25, 0.3) is 11.4 Å². The van der Waals surface area contributed by atoms with Gasteiger partial charge in [-0.05, 0) is 42.9 Å². The Balaban J connectivity index is 1.66. The number of hydrogen-bond acceptors (Lipinski definition) is 6. The Kier molecular flexibility index (Phi) is 7.61. The van der Waals surface area contributed by atoms with Crippen LogP contribution >= 0.6 is 0 Å². The molecule has 0 radical (unpaired) electrons. The maximum atomic E-state index is 12.7. The van der Waals surface area contributed by atoms with Gasteiger partial charge in [-0.1, -0.05) is 31.5 Å². The summed E-state index contributed by atoms with van der Waals surface area (Å²) in [7, 11) is 1.79. The molecule has 10 heteroatoms. The van der Waals surface area contributed by atoms with Crippen LogP contribution in [0.5, 0.6) is 0 Å². The molecule has 0 unspecified atom stereocenters. The van der Waals surface area contributed by atoms with Crippen molar-refractivity contribution in [3.05, 3.63) is 57.8 Å². The zero-order valence-electron chi connectivity index (χ0n) is 21.0. The fraction of sp³-hybridized carbons (Fsp3) is 0.462.